The minimum absolute atomic E-state index is 0.0880. The molecule has 26 heavy (non-hydrogen) atoms. The van der Waals surface area contributed by atoms with Gasteiger partial charge in [0.2, 0.25) is 0 Å². The van der Waals surface area contributed by atoms with E-state index in [4.69, 9.17) is 14.0 Å². The van der Waals surface area contributed by atoms with Crippen LogP contribution in [0.1, 0.15) is 39.7 Å². The molecule has 1 amide bonds. The van der Waals surface area contributed by atoms with E-state index in [-0.39, 0.29) is 29.8 Å². The highest BCUT2D eigenvalue weighted by atomic mass is 16.7. The number of ether oxygens (including phenoxy) is 1. The Morgan fingerprint density at radius 1 is 1.12 bits per heavy atom. The smallest absolute Gasteiger partial charge is 0.445 e. The number of nitrogens with zero attached hydrogens (tertiary/aromatic N) is 1. The van der Waals surface area contributed by atoms with E-state index in [0.717, 1.165) is 12.0 Å². The summed E-state index contributed by atoms with van der Waals surface area (Å²) in [5, 5.41) is 0. The maximum atomic E-state index is 12.2. The molecule has 2 saturated heterocycles. The van der Waals surface area contributed by atoms with Crippen LogP contribution in [0.2, 0.25) is 0 Å². The van der Waals surface area contributed by atoms with Crippen molar-refractivity contribution in [2.75, 3.05) is 13.1 Å². The molecule has 0 aromatic heterocycles. The highest BCUT2D eigenvalue weighted by Gasteiger charge is 2.58. The molecule has 5 nitrogen and oxygen atoms in total. The number of allylic oxidation sites excluding steroid dienone is 1. The Morgan fingerprint density at radius 2 is 1.69 bits per heavy atom. The van der Waals surface area contributed by atoms with Gasteiger partial charge in [-0.05, 0) is 45.2 Å². The summed E-state index contributed by atoms with van der Waals surface area (Å²) in [7, 11) is -0.260. The van der Waals surface area contributed by atoms with E-state index in [2.05, 4.69) is 33.8 Å². The minimum Gasteiger partial charge on any atom is -0.445 e. The highest BCUT2D eigenvalue weighted by Crippen LogP contribution is 2.50. The van der Waals surface area contributed by atoms with Crippen LogP contribution in [0.5, 0.6) is 0 Å². The number of hydrogen-bond donors (Lipinski definition) is 0. The van der Waals surface area contributed by atoms with Gasteiger partial charge in [-0.3, -0.25) is 0 Å². The maximum Gasteiger partial charge on any atom is 0.490 e. The van der Waals surface area contributed by atoms with E-state index in [1.54, 1.807) is 4.90 Å². The van der Waals surface area contributed by atoms with Crippen molar-refractivity contribution in [3.05, 3.63) is 47.4 Å². The van der Waals surface area contributed by atoms with E-state index >= 15 is 0 Å². The predicted molar refractivity (Wildman–Crippen MR) is 99.4 cm³/mol. The lowest BCUT2D eigenvalue weighted by Gasteiger charge is -2.53. The molecular weight excluding hydrogens is 329 g/mol. The van der Waals surface area contributed by atoms with Gasteiger partial charge >= 0.3 is 13.2 Å². The van der Waals surface area contributed by atoms with E-state index in [1.165, 1.54) is 5.47 Å². The van der Waals surface area contributed by atoms with Gasteiger partial charge in [0.15, 0.2) is 0 Å². The normalized spacial score (nSPS) is 24.7. The summed E-state index contributed by atoms with van der Waals surface area (Å²) in [4.78, 5) is 13.9. The lowest BCUT2D eigenvalue weighted by Crippen LogP contribution is -2.61. The average molecular weight is 355 g/mol. The Hall–Kier alpha value is -1.79. The lowest BCUT2D eigenvalue weighted by atomic mass is 9.55. The molecule has 0 atom stereocenters. The standard InChI is InChI=1S/C20H26BNO4/c1-18(2)19(3,4)26-21(25-18)16-10-20(11-16)13-22(14-20)17(23)24-12-15-8-6-5-7-9-15/h5-10H,11-14H2,1-4H3. The Morgan fingerprint density at radius 3 is 2.27 bits per heavy atom. The van der Waals surface area contributed by atoms with Gasteiger partial charge in [0, 0.05) is 18.5 Å². The SMILES string of the molecule is CC1(C)OB(C2=CC3(C2)CN(C(=O)OCc2ccccc2)C3)OC1(C)C. The zero-order chi connectivity index (χ0) is 18.6. The van der Waals surface area contributed by atoms with Crippen LogP contribution in [0.3, 0.4) is 0 Å². The van der Waals surface area contributed by atoms with Gasteiger partial charge in [0.05, 0.1) is 11.2 Å². The summed E-state index contributed by atoms with van der Waals surface area (Å²) >= 11 is 0. The van der Waals surface area contributed by atoms with Gasteiger partial charge in [-0.25, -0.2) is 4.79 Å². The number of rotatable bonds is 3. The van der Waals surface area contributed by atoms with E-state index in [9.17, 15) is 4.79 Å². The van der Waals surface area contributed by atoms with Crippen LogP contribution in [0.25, 0.3) is 0 Å². The van der Waals surface area contributed by atoms with E-state index < -0.39 is 0 Å². The summed E-state index contributed by atoms with van der Waals surface area (Å²) in [5.41, 5.74) is 1.66. The Balaban J connectivity index is 1.27. The van der Waals surface area contributed by atoms with Crippen molar-refractivity contribution in [3.8, 4) is 0 Å². The number of likely N-dealkylation sites (tertiary alicyclic amines) is 1. The van der Waals surface area contributed by atoms with Crippen molar-refractivity contribution >= 4 is 13.2 Å². The molecule has 0 N–H and O–H groups in total. The maximum absolute atomic E-state index is 12.2. The van der Waals surface area contributed by atoms with Gasteiger partial charge < -0.3 is 18.9 Å². The number of carbonyl (C=O) groups excluding carboxylic acids is 1. The quantitative estimate of drug-likeness (QED) is 0.778. The van der Waals surface area contributed by atoms with Crippen molar-refractivity contribution in [2.45, 2.75) is 51.9 Å². The first-order chi connectivity index (χ1) is 12.2. The van der Waals surface area contributed by atoms with Gasteiger partial charge in [-0.2, -0.15) is 0 Å². The highest BCUT2D eigenvalue weighted by molar-refractivity contribution is 6.55. The summed E-state index contributed by atoms with van der Waals surface area (Å²) in [6.45, 7) is 10.0. The summed E-state index contributed by atoms with van der Waals surface area (Å²) in [6, 6.07) is 9.74. The van der Waals surface area contributed by atoms with Crippen LogP contribution in [0.4, 0.5) is 4.79 Å². The number of amides is 1. The van der Waals surface area contributed by atoms with Gasteiger partial charge in [-0.15, -0.1) is 0 Å². The second kappa shape index (κ2) is 5.86. The predicted octanol–water partition coefficient (Wildman–Crippen LogP) is 3.59. The first-order valence-electron chi connectivity index (χ1n) is 9.23. The number of carbonyl (C=O) groups is 1. The lowest BCUT2D eigenvalue weighted by molar-refractivity contribution is 0.00578. The molecule has 2 fully saturated rings. The third kappa shape index (κ3) is 2.95. The second-order valence-corrected chi connectivity index (χ2v) is 8.74. The fraction of sp³-hybridized carbons (Fsp3) is 0.550. The first-order valence-corrected chi connectivity index (χ1v) is 9.23. The summed E-state index contributed by atoms with van der Waals surface area (Å²) < 4.78 is 17.6. The Kier molecular flexibility index (Phi) is 3.97. The molecule has 0 saturated carbocycles. The van der Waals surface area contributed by atoms with Gasteiger partial charge in [-0.1, -0.05) is 36.4 Å². The van der Waals surface area contributed by atoms with Crippen LogP contribution in [0, 0.1) is 5.41 Å². The Bertz CT molecular complexity index is 721. The molecule has 0 unspecified atom stereocenters. The van der Waals surface area contributed by atoms with Crippen molar-refractivity contribution in [1.82, 2.24) is 4.90 Å². The van der Waals surface area contributed by atoms with Crippen LogP contribution >= 0.6 is 0 Å². The fourth-order valence-electron chi connectivity index (χ4n) is 3.77. The van der Waals surface area contributed by atoms with Crippen molar-refractivity contribution in [3.63, 3.8) is 0 Å². The van der Waals surface area contributed by atoms with E-state index in [1.807, 2.05) is 30.3 Å². The van der Waals surface area contributed by atoms with Crippen LogP contribution in [-0.2, 0) is 20.7 Å². The molecule has 0 radical (unpaired) electrons. The van der Waals surface area contributed by atoms with Crippen molar-refractivity contribution in [2.24, 2.45) is 5.41 Å². The molecule has 2 heterocycles. The van der Waals surface area contributed by atoms with Crippen LogP contribution in [0.15, 0.2) is 41.9 Å². The molecule has 1 aromatic carbocycles. The third-order valence-electron chi connectivity index (χ3n) is 6.08. The van der Waals surface area contributed by atoms with E-state index in [0.29, 0.717) is 19.7 Å². The molecule has 0 bridgehead atoms. The third-order valence-corrected chi connectivity index (χ3v) is 6.08. The minimum atomic E-state index is -0.311. The summed E-state index contributed by atoms with van der Waals surface area (Å²) in [5.74, 6) is 0. The Labute approximate surface area is 155 Å². The van der Waals surface area contributed by atoms with Crippen molar-refractivity contribution < 1.29 is 18.8 Å². The first kappa shape index (κ1) is 17.6. The van der Waals surface area contributed by atoms with Crippen LogP contribution < -0.4 is 0 Å². The zero-order valence-corrected chi connectivity index (χ0v) is 16.0. The monoisotopic (exact) mass is 355 g/mol. The second-order valence-electron chi connectivity index (χ2n) is 8.74. The van der Waals surface area contributed by atoms with Gasteiger partial charge in [0.1, 0.15) is 6.61 Å². The van der Waals surface area contributed by atoms with Crippen molar-refractivity contribution in [1.29, 1.82) is 0 Å². The van der Waals surface area contributed by atoms with Crippen LogP contribution in [-0.4, -0.2) is 42.4 Å². The molecule has 2 aliphatic heterocycles. The summed E-state index contributed by atoms with van der Waals surface area (Å²) in [6.07, 6.45) is 2.92. The topological polar surface area (TPSA) is 48.0 Å². The molecule has 1 spiro atoms. The number of hydrogen-bond acceptors (Lipinski definition) is 4. The largest absolute Gasteiger partial charge is 0.490 e. The molecule has 138 valence electrons. The number of benzene rings is 1. The molecule has 1 aliphatic carbocycles. The fourth-order valence-corrected chi connectivity index (χ4v) is 3.77. The molecular formula is C20H26BNO4. The zero-order valence-electron chi connectivity index (χ0n) is 16.0. The molecule has 6 heteroatoms. The van der Waals surface area contributed by atoms with Gasteiger partial charge in [0.25, 0.3) is 0 Å². The molecule has 3 aliphatic rings. The molecule has 1 aromatic rings. The average Bonchev–Trinajstić information content (AvgIpc) is 2.71. The molecule has 4 rings (SSSR count).